The summed E-state index contributed by atoms with van der Waals surface area (Å²) in [5.74, 6) is -0.999. The summed E-state index contributed by atoms with van der Waals surface area (Å²) in [4.78, 5) is 22.3. The third-order valence-corrected chi connectivity index (χ3v) is 4.11. The van der Waals surface area contributed by atoms with Crippen molar-refractivity contribution in [3.63, 3.8) is 0 Å². The van der Waals surface area contributed by atoms with E-state index in [1.165, 1.54) is 0 Å². The standard InChI is InChI=1S/C20H34O7/c1-7-19(23)26-15(5)17(21)9-13(3)11-25-12-14(4)10-18(22)16(6)27-20(24)8-2/h7-8,13-18,21-22H,1-2,9-12H2,3-6H3. The SMILES string of the molecule is C=CC(=O)OC(C)C(O)CC(C)COCC(C)CC(O)C(C)OC(=O)C=C. The first-order valence-corrected chi connectivity index (χ1v) is 9.20. The van der Waals surface area contributed by atoms with Gasteiger partial charge in [0.25, 0.3) is 0 Å². The Hall–Kier alpha value is -1.70. The van der Waals surface area contributed by atoms with Gasteiger partial charge in [0.15, 0.2) is 0 Å². The lowest BCUT2D eigenvalue weighted by Crippen LogP contribution is -2.31. The Morgan fingerprint density at radius 1 is 0.815 bits per heavy atom. The first-order valence-electron chi connectivity index (χ1n) is 9.20. The molecule has 0 amide bonds. The quantitative estimate of drug-likeness (QED) is 0.348. The minimum absolute atomic E-state index is 0.0643. The van der Waals surface area contributed by atoms with Crippen LogP contribution in [0.25, 0.3) is 0 Å². The number of aliphatic hydroxyl groups is 2. The molecule has 0 aromatic carbocycles. The molecule has 0 rings (SSSR count). The summed E-state index contributed by atoms with van der Waals surface area (Å²) in [6.45, 7) is 14.6. The fourth-order valence-electron chi connectivity index (χ4n) is 2.43. The summed E-state index contributed by atoms with van der Waals surface area (Å²) in [6, 6.07) is 0. The Morgan fingerprint density at radius 2 is 1.15 bits per heavy atom. The summed E-state index contributed by atoms with van der Waals surface area (Å²) >= 11 is 0. The third-order valence-electron chi connectivity index (χ3n) is 4.11. The molecule has 6 unspecified atom stereocenters. The first-order chi connectivity index (χ1) is 12.6. The predicted octanol–water partition coefficient (Wildman–Crippen LogP) is 2.01. The van der Waals surface area contributed by atoms with Crippen molar-refractivity contribution in [1.29, 1.82) is 0 Å². The number of hydrogen-bond acceptors (Lipinski definition) is 7. The molecule has 27 heavy (non-hydrogen) atoms. The number of aliphatic hydroxyl groups excluding tert-OH is 2. The molecule has 0 aromatic rings. The highest BCUT2D eigenvalue weighted by Gasteiger charge is 2.22. The van der Waals surface area contributed by atoms with Crippen molar-refractivity contribution in [3.05, 3.63) is 25.3 Å². The normalized spacial score (nSPS) is 17.7. The minimum Gasteiger partial charge on any atom is -0.457 e. The maximum absolute atomic E-state index is 11.1. The molecule has 0 saturated carbocycles. The molecule has 0 aliphatic heterocycles. The molecule has 156 valence electrons. The predicted molar refractivity (Wildman–Crippen MR) is 102 cm³/mol. The topological polar surface area (TPSA) is 102 Å². The van der Waals surface area contributed by atoms with E-state index >= 15 is 0 Å². The minimum atomic E-state index is -0.785. The van der Waals surface area contributed by atoms with Gasteiger partial charge in [0.1, 0.15) is 12.2 Å². The lowest BCUT2D eigenvalue weighted by molar-refractivity contribution is -0.148. The van der Waals surface area contributed by atoms with Gasteiger partial charge < -0.3 is 24.4 Å². The number of ether oxygens (including phenoxy) is 3. The molecule has 0 bridgehead atoms. The summed E-state index contributed by atoms with van der Waals surface area (Å²) in [6.07, 6.45) is 0.168. The van der Waals surface area contributed by atoms with Crippen LogP contribution >= 0.6 is 0 Å². The van der Waals surface area contributed by atoms with Gasteiger partial charge >= 0.3 is 11.9 Å². The number of carbonyl (C=O) groups excluding carboxylic acids is 2. The highest BCUT2D eigenvalue weighted by atomic mass is 16.6. The molecule has 0 heterocycles. The zero-order valence-electron chi connectivity index (χ0n) is 16.8. The van der Waals surface area contributed by atoms with Crippen molar-refractivity contribution in [2.45, 2.75) is 65.0 Å². The molecular formula is C20H34O7. The average Bonchev–Trinajstić information content (AvgIpc) is 2.60. The van der Waals surface area contributed by atoms with Gasteiger partial charge in [0.2, 0.25) is 0 Å². The van der Waals surface area contributed by atoms with Crippen LogP contribution < -0.4 is 0 Å². The molecule has 0 aliphatic rings. The van der Waals surface area contributed by atoms with Gasteiger partial charge in [-0.15, -0.1) is 0 Å². The molecule has 2 N–H and O–H groups in total. The highest BCUT2D eigenvalue weighted by Crippen LogP contribution is 2.15. The van der Waals surface area contributed by atoms with E-state index in [-0.39, 0.29) is 11.8 Å². The second kappa shape index (κ2) is 13.5. The van der Waals surface area contributed by atoms with Crippen molar-refractivity contribution in [3.8, 4) is 0 Å². The summed E-state index contributed by atoms with van der Waals surface area (Å²) in [5, 5.41) is 20.1. The Kier molecular flexibility index (Phi) is 12.6. The van der Waals surface area contributed by atoms with Gasteiger partial charge in [-0.2, -0.15) is 0 Å². The number of carbonyl (C=O) groups is 2. The van der Waals surface area contributed by atoms with Gasteiger partial charge in [-0.05, 0) is 38.5 Å². The van der Waals surface area contributed by atoms with E-state index in [0.29, 0.717) is 26.1 Å². The third kappa shape index (κ3) is 11.6. The molecule has 0 spiro atoms. The fourth-order valence-corrected chi connectivity index (χ4v) is 2.43. The van der Waals surface area contributed by atoms with Crippen LogP contribution in [0, 0.1) is 11.8 Å². The first kappa shape index (κ1) is 25.3. The van der Waals surface area contributed by atoms with Crippen LogP contribution in [0.3, 0.4) is 0 Å². The van der Waals surface area contributed by atoms with Crippen LogP contribution in [-0.4, -0.2) is 59.8 Å². The molecule has 7 heteroatoms. The zero-order valence-corrected chi connectivity index (χ0v) is 16.8. The Balaban J connectivity index is 4.09. The van der Waals surface area contributed by atoms with E-state index < -0.39 is 36.4 Å². The van der Waals surface area contributed by atoms with Crippen LogP contribution in [-0.2, 0) is 23.8 Å². The van der Waals surface area contributed by atoms with E-state index in [2.05, 4.69) is 13.2 Å². The lowest BCUT2D eigenvalue weighted by Gasteiger charge is -2.24. The second-order valence-electron chi connectivity index (χ2n) is 7.05. The summed E-state index contributed by atoms with van der Waals surface area (Å²) in [5.41, 5.74) is 0. The zero-order chi connectivity index (χ0) is 21.0. The van der Waals surface area contributed by atoms with Crippen LogP contribution in [0.15, 0.2) is 25.3 Å². The molecule has 0 saturated heterocycles. The molecule has 7 nitrogen and oxygen atoms in total. The van der Waals surface area contributed by atoms with E-state index in [4.69, 9.17) is 14.2 Å². The highest BCUT2D eigenvalue weighted by molar-refractivity contribution is 5.81. The lowest BCUT2D eigenvalue weighted by atomic mass is 10.0. The van der Waals surface area contributed by atoms with Crippen LogP contribution in [0.1, 0.15) is 40.5 Å². The van der Waals surface area contributed by atoms with Gasteiger partial charge in [-0.25, -0.2) is 9.59 Å². The van der Waals surface area contributed by atoms with Crippen molar-refractivity contribution >= 4 is 11.9 Å². The molecule has 0 radical (unpaired) electrons. The van der Waals surface area contributed by atoms with Gasteiger partial charge in [-0.3, -0.25) is 0 Å². The second-order valence-corrected chi connectivity index (χ2v) is 7.05. The van der Waals surface area contributed by atoms with Crippen molar-refractivity contribution < 1.29 is 34.0 Å². The Bertz CT molecular complexity index is 435. The van der Waals surface area contributed by atoms with Crippen LogP contribution in [0.2, 0.25) is 0 Å². The smallest absolute Gasteiger partial charge is 0.330 e. The van der Waals surface area contributed by atoms with Crippen LogP contribution in [0.5, 0.6) is 0 Å². The average molecular weight is 386 g/mol. The molecule has 6 atom stereocenters. The largest absolute Gasteiger partial charge is 0.457 e. The maximum atomic E-state index is 11.1. The number of hydrogen-bond donors (Lipinski definition) is 2. The summed E-state index contributed by atoms with van der Waals surface area (Å²) in [7, 11) is 0. The monoisotopic (exact) mass is 386 g/mol. The molecule has 0 aliphatic carbocycles. The molecule has 0 aromatic heterocycles. The molecular weight excluding hydrogens is 352 g/mol. The van der Waals surface area contributed by atoms with E-state index in [0.717, 1.165) is 12.2 Å². The van der Waals surface area contributed by atoms with Crippen molar-refractivity contribution in [2.75, 3.05) is 13.2 Å². The Morgan fingerprint density at radius 3 is 1.44 bits per heavy atom. The van der Waals surface area contributed by atoms with E-state index in [1.807, 2.05) is 13.8 Å². The number of rotatable bonds is 14. The van der Waals surface area contributed by atoms with Crippen LogP contribution in [0.4, 0.5) is 0 Å². The van der Waals surface area contributed by atoms with Gasteiger partial charge in [-0.1, -0.05) is 27.0 Å². The Labute approximate surface area is 162 Å². The van der Waals surface area contributed by atoms with Crippen molar-refractivity contribution in [1.82, 2.24) is 0 Å². The summed E-state index contributed by atoms with van der Waals surface area (Å²) < 4.78 is 15.6. The van der Waals surface area contributed by atoms with Crippen molar-refractivity contribution in [2.24, 2.45) is 11.8 Å². The van der Waals surface area contributed by atoms with Gasteiger partial charge in [0, 0.05) is 25.4 Å². The fraction of sp³-hybridized carbons (Fsp3) is 0.700. The number of esters is 2. The van der Waals surface area contributed by atoms with E-state index in [1.54, 1.807) is 13.8 Å². The van der Waals surface area contributed by atoms with E-state index in [9.17, 15) is 19.8 Å². The maximum Gasteiger partial charge on any atom is 0.330 e. The van der Waals surface area contributed by atoms with Gasteiger partial charge in [0.05, 0.1) is 12.2 Å². The molecule has 0 fully saturated rings.